The lowest BCUT2D eigenvalue weighted by Gasteiger charge is -2.09. The van der Waals surface area contributed by atoms with E-state index in [0.29, 0.717) is 11.3 Å². The summed E-state index contributed by atoms with van der Waals surface area (Å²) < 4.78 is 14.9. The van der Waals surface area contributed by atoms with E-state index in [4.69, 9.17) is 18.0 Å². The molecule has 0 radical (unpaired) electrons. The average molecular weight is 372 g/mol. The van der Waals surface area contributed by atoms with Crippen LogP contribution in [0.2, 0.25) is 0 Å². The molecular formula is C13H10FIN2S. The van der Waals surface area contributed by atoms with E-state index in [1.165, 1.54) is 6.07 Å². The molecule has 5 heteroatoms. The van der Waals surface area contributed by atoms with Crippen molar-refractivity contribution in [2.24, 2.45) is 5.73 Å². The molecule has 0 aliphatic carbocycles. The minimum absolute atomic E-state index is 0.190. The first-order chi connectivity index (χ1) is 8.56. The smallest absolute Gasteiger partial charge is 0.147 e. The third-order valence-corrected chi connectivity index (χ3v) is 3.26. The second-order valence-corrected chi connectivity index (χ2v) is 5.38. The first kappa shape index (κ1) is 13.2. The van der Waals surface area contributed by atoms with Crippen molar-refractivity contribution in [3.8, 4) is 0 Å². The molecule has 0 spiro atoms. The summed E-state index contributed by atoms with van der Waals surface area (Å²) in [6.07, 6.45) is 0. The lowest BCUT2D eigenvalue weighted by atomic mass is 10.2. The largest absolute Gasteiger partial charge is 0.389 e. The first-order valence-corrected chi connectivity index (χ1v) is 6.67. The maximum absolute atomic E-state index is 13.8. The van der Waals surface area contributed by atoms with Gasteiger partial charge in [0, 0.05) is 14.8 Å². The predicted molar refractivity (Wildman–Crippen MR) is 84.7 cm³/mol. The Morgan fingerprint density at radius 2 is 2.00 bits per heavy atom. The molecule has 0 bridgehead atoms. The molecule has 0 aliphatic heterocycles. The molecule has 0 aromatic heterocycles. The van der Waals surface area contributed by atoms with Gasteiger partial charge in [0.15, 0.2) is 0 Å². The summed E-state index contributed by atoms with van der Waals surface area (Å²) in [7, 11) is 0. The summed E-state index contributed by atoms with van der Waals surface area (Å²) in [6, 6.07) is 12.3. The molecule has 2 nitrogen and oxygen atoms in total. The summed E-state index contributed by atoms with van der Waals surface area (Å²) in [4.78, 5) is 0.190. The van der Waals surface area contributed by atoms with Crippen LogP contribution in [0, 0.1) is 9.39 Å². The molecular weight excluding hydrogens is 362 g/mol. The minimum Gasteiger partial charge on any atom is -0.389 e. The number of nitrogens with one attached hydrogen (secondary N) is 1. The zero-order chi connectivity index (χ0) is 13.1. The summed E-state index contributed by atoms with van der Waals surface area (Å²) >= 11 is 7.00. The molecule has 3 N–H and O–H groups in total. The van der Waals surface area contributed by atoms with Gasteiger partial charge in [-0.3, -0.25) is 0 Å². The van der Waals surface area contributed by atoms with E-state index in [1.54, 1.807) is 12.1 Å². The molecule has 0 aliphatic rings. The van der Waals surface area contributed by atoms with Crippen LogP contribution in [0.5, 0.6) is 0 Å². The first-order valence-electron chi connectivity index (χ1n) is 5.18. The lowest BCUT2D eigenvalue weighted by molar-refractivity contribution is 0.631. The second kappa shape index (κ2) is 5.62. The number of anilines is 2. The van der Waals surface area contributed by atoms with Gasteiger partial charge in [-0.15, -0.1) is 0 Å². The van der Waals surface area contributed by atoms with Gasteiger partial charge in [-0.2, -0.15) is 0 Å². The van der Waals surface area contributed by atoms with Crippen molar-refractivity contribution in [1.82, 2.24) is 0 Å². The van der Waals surface area contributed by atoms with Crippen LogP contribution in [0.1, 0.15) is 5.56 Å². The van der Waals surface area contributed by atoms with E-state index in [2.05, 4.69) is 27.9 Å². The number of thiocarbonyl (C=S) groups is 1. The van der Waals surface area contributed by atoms with E-state index in [1.807, 2.05) is 24.3 Å². The summed E-state index contributed by atoms with van der Waals surface area (Å²) in [6.45, 7) is 0. The SMILES string of the molecule is NC(=S)c1ccc(Nc2cccc(I)c2)c(F)c1. The van der Waals surface area contributed by atoms with Crippen molar-refractivity contribution in [3.05, 3.63) is 57.4 Å². The van der Waals surface area contributed by atoms with Gasteiger partial charge >= 0.3 is 0 Å². The number of rotatable bonds is 3. The maximum Gasteiger partial charge on any atom is 0.147 e. The van der Waals surface area contributed by atoms with Crippen molar-refractivity contribution < 1.29 is 4.39 Å². The molecule has 0 heterocycles. The van der Waals surface area contributed by atoms with Crippen molar-refractivity contribution in [2.45, 2.75) is 0 Å². The van der Waals surface area contributed by atoms with Gasteiger partial charge in [0.05, 0.1) is 5.69 Å². The maximum atomic E-state index is 13.8. The van der Waals surface area contributed by atoms with E-state index in [-0.39, 0.29) is 10.8 Å². The van der Waals surface area contributed by atoms with Crippen molar-refractivity contribution in [2.75, 3.05) is 5.32 Å². The highest BCUT2D eigenvalue weighted by Gasteiger charge is 2.05. The second-order valence-electron chi connectivity index (χ2n) is 3.69. The van der Waals surface area contributed by atoms with E-state index < -0.39 is 0 Å². The molecule has 0 saturated carbocycles. The standard InChI is InChI=1S/C13H10FIN2S/c14-11-6-8(13(16)18)4-5-12(11)17-10-3-1-2-9(15)7-10/h1-7,17H,(H2,16,18). The Morgan fingerprint density at radius 3 is 2.61 bits per heavy atom. The topological polar surface area (TPSA) is 38.0 Å². The van der Waals surface area contributed by atoms with Crippen LogP contribution in [0.4, 0.5) is 15.8 Å². The van der Waals surface area contributed by atoms with Gasteiger partial charge < -0.3 is 11.1 Å². The Hall–Kier alpha value is -1.21. The van der Waals surface area contributed by atoms with E-state index in [0.717, 1.165) is 9.26 Å². The molecule has 2 aromatic carbocycles. The highest BCUT2D eigenvalue weighted by atomic mass is 127. The third-order valence-electron chi connectivity index (χ3n) is 2.36. The van der Waals surface area contributed by atoms with Crippen LogP contribution in [0.25, 0.3) is 0 Å². The highest BCUT2D eigenvalue weighted by molar-refractivity contribution is 14.1. The molecule has 0 fully saturated rings. The van der Waals surface area contributed by atoms with Gasteiger partial charge in [0.25, 0.3) is 0 Å². The molecule has 92 valence electrons. The minimum atomic E-state index is -0.376. The average Bonchev–Trinajstić information content (AvgIpc) is 2.31. The fourth-order valence-electron chi connectivity index (χ4n) is 1.49. The summed E-state index contributed by atoms with van der Waals surface area (Å²) in [5.41, 5.74) is 7.21. The summed E-state index contributed by atoms with van der Waals surface area (Å²) in [5.74, 6) is -0.376. The quantitative estimate of drug-likeness (QED) is 0.636. The Balaban J connectivity index is 2.27. The van der Waals surface area contributed by atoms with E-state index in [9.17, 15) is 4.39 Å². The molecule has 0 amide bonds. The number of benzene rings is 2. The van der Waals surface area contributed by atoms with Crippen LogP contribution in [-0.4, -0.2) is 4.99 Å². The third kappa shape index (κ3) is 3.17. The van der Waals surface area contributed by atoms with Crippen molar-refractivity contribution >= 4 is 51.2 Å². The Kier molecular flexibility index (Phi) is 4.13. The zero-order valence-electron chi connectivity index (χ0n) is 9.28. The van der Waals surface area contributed by atoms with Crippen LogP contribution < -0.4 is 11.1 Å². The molecule has 2 aromatic rings. The number of hydrogen-bond donors (Lipinski definition) is 2. The molecule has 0 atom stereocenters. The van der Waals surface area contributed by atoms with Gasteiger partial charge in [0.1, 0.15) is 10.8 Å². The van der Waals surface area contributed by atoms with Crippen LogP contribution >= 0.6 is 34.8 Å². The molecule has 0 unspecified atom stereocenters. The van der Waals surface area contributed by atoms with Crippen LogP contribution in [0.15, 0.2) is 42.5 Å². The number of hydrogen-bond acceptors (Lipinski definition) is 2. The van der Waals surface area contributed by atoms with Gasteiger partial charge in [-0.1, -0.05) is 18.3 Å². The van der Waals surface area contributed by atoms with E-state index >= 15 is 0 Å². The lowest BCUT2D eigenvalue weighted by Crippen LogP contribution is -2.09. The Labute approximate surface area is 124 Å². The normalized spacial score (nSPS) is 10.1. The molecule has 2 rings (SSSR count). The highest BCUT2D eigenvalue weighted by Crippen LogP contribution is 2.22. The molecule has 18 heavy (non-hydrogen) atoms. The van der Waals surface area contributed by atoms with Gasteiger partial charge in [0.2, 0.25) is 0 Å². The van der Waals surface area contributed by atoms with Crippen LogP contribution in [-0.2, 0) is 0 Å². The number of nitrogens with two attached hydrogens (primary N) is 1. The number of halogens is 2. The fourth-order valence-corrected chi connectivity index (χ4v) is 2.16. The van der Waals surface area contributed by atoms with Crippen LogP contribution in [0.3, 0.4) is 0 Å². The Bertz CT molecular complexity index is 601. The summed E-state index contributed by atoms with van der Waals surface area (Å²) in [5, 5.41) is 3.02. The van der Waals surface area contributed by atoms with Crippen molar-refractivity contribution in [3.63, 3.8) is 0 Å². The zero-order valence-corrected chi connectivity index (χ0v) is 12.3. The monoisotopic (exact) mass is 372 g/mol. The predicted octanol–water partition coefficient (Wildman–Crippen LogP) is 3.81. The van der Waals surface area contributed by atoms with Gasteiger partial charge in [-0.05, 0) is 59.0 Å². The van der Waals surface area contributed by atoms with Gasteiger partial charge in [-0.25, -0.2) is 4.39 Å². The van der Waals surface area contributed by atoms with Crippen molar-refractivity contribution in [1.29, 1.82) is 0 Å². The molecule has 0 saturated heterocycles. The Morgan fingerprint density at radius 1 is 1.22 bits per heavy atom. The fraction of sp³-hybridized carbons (Fsp3) is 0.